The van der Waals surface area contributed by atoms with E-state index in [1.807, 2.05) is 55.2 Å². The number of allylic oxidation sites excluding steroid dienone is 4. The van der Waals surface area contributed by atoms with E-state index in [4.69, 9.17) is 5.73 Å². The molecule has 0 spiro atoms. The van der Waals surface area contributed by atoms with Crippen LogP contribution in [-0.2, 0) is 4.79 Å². The van der Waals surface area contributed by atoms with Gasteiger partial charge in [-0.2, -0.15) is 10.2 Å². The lowest BCUT2D eigenvalue weighted by Crippen LogP contribution is -2.43. The molecule has 3 N–H and O–H groups in total. The molecule has 1 aromatic carbocycles. The Bertz CT molecular complexity index is 1310. The number of nitrogens with one attached hydrogen (secondary N) is 1. The van der Waals surface area contributed by atoms with Gasteiger partial charge >= 0.3 is 0 Å². The van der Waals surface area contributed by atoms with E-state index < -0.39 is 6.04 Å². The van der Waals surface area contributed by atoms with E-state index in [-0.39, 0.29) is 17.6 Å². The standard InChI is InChI=1S/C30H36N6O/c1-7-12-22(8-2)20(5)25-15-26(35-34-25)29(37)28-19(4)18(3)27(33-28)17-36-21(6)24(31)16-32-30(36)23-13-10-9-11-14-23/h7-14,16,19-20,28,33H,6,15,17,31H2,1-5H3/b12-7-,22-8+. The molecule has 0 aliphatic carbocycles. The maximum absolute atomic E-state index is 13.6. The number of amidine groups is 1. The summed E-state index contributed by atoms with van der Waals surface area (Å²) in [6, 6.07) is 9.57. The number of carbonyl (C=O) groups excluding carboxylic acids is 1. The van der Waals surface area contributed by atoms with Gasteiger partial charge < -0.3 is 16.0 Å². The fourth-order valence-corrected chi connectivity index (χ4v) is 4.92. The highest BCUT2D eigenvalue weighted by Gasteiger charge is 2.38. The predicted molar refractivity (Wildman–Crippen MR) is 152 cm³/mol. The molecular formula is C30H36N6O. The average Bonchev–Trinajstić information content (AvgIpc) is 3.51. The molecule has 3 aliphatic rings. The Kier molecular flexibility index (Phi) is 7.71. The van der Waals surface area contributed by atoms with Gasteiger partial charge in [0.2, 0.25) is 5.78 Å². The Morgan fingerprint density at radius 2 is 2.00 bits per heavy atom. The smallest absolute Gasteiger partial charge is 0.202 e. The molecule has 0 amide bonds. The van der Waals surface area contributed by atoms with Crippen LogP contribution in [0, 0.1) is 11.8 Å². The van der Waals surface area contributed by atoms with Gasteiger partial charge in [0.15, 0.2) is 0 Å². The topological polar surface area (TPSA) is 95.4 Å². The zero-order valence-corrected chi connectivity index (χ0v) is 22.3. The van der Waals surface area contributed by atoms with Crippen molar-refractivity contribution in [2.45, 2.75) is 47.1 Å². The first-order valence-electron chi connectivity index (χ1n) is 12.7. The van der Waals surface area contributed by atoms with Crippen LogP contribution in [-0.4, -0.2) is 40.5 Å². The quantitative estimate of drug-likeness (QED) is 0.502. The second-order valence-electron chi connectivity index (χ2n) is 9.70. The molecule has 37 heavy (non-hydrogen) atoms. The van der Waals surface area contributed by atoms with Crippen molar-refractivity contribution in [1.29, 1.82) is 0 Å². The Morgan fingerprint density at radius 3 is 2.68 bits per heavy atom. The zero-order valence-electron chi connectivity index (χ0n) is 22.3. The summed E-state index contributed by atoms with van der Waals surface area (Å²) in [6.45, 7) is 15.0. The zero-order chi connectivity index (χ0) is 26.7. The number of hydrogen-bond acceptors (Lipinski definition) is 7. The highest BCUT2D eigenvalue weighted by atomic mass is 16.1. The molecule has 0 saturated heterocycles. The van der Waals surface area contributed by atoms with Crippen LogP contribution in [0.15, 0.2) is 105 Å². The molecule has 3 unspecified atom stereocenters. The largest absolute Gasteiger partial charge is 0.396 e. The molecule has 0 aromatic heterocycles. The van der Waals surface area contributed by atoms with Crippen LogP contribution in [0.1, 0.15) is 46.6 Å². The number of nitrogens with two attached hydrogens (primary N) is 1. The Labute approximate surface area is 219 Å². The van der Waals surface area contributed by atoms with Gasteiger partial charge in [-0.25, -0.2) is 4.99 Å². The summed E-state index contributed by atoms with van der Waals surface area (Å²) in [4.78, 5) is 20.2. The first-order valence-corrected chi connectivity index (χ1v) is 12.7. The number of rotatable bonds is 8. The van der Waals surface area contributed by atoms with E-state index >= 15 is 0 Å². The third-order valence-electron chi connectivity index (χ3n) is 7.48. The number of benzene rings is 1. The van der Waals surface area contributed by atoms with E-state index in [1.54, 1.807) is 6.20 Å². The van der Waals surface area contributed by atoms with Crippen molar-refractivity contribution < 1.29 is 4.79 Å². The van der Waals surface area contributed by atoms with Crippen LogP contribution in [0.25, 0.3) is 0 Å². The van der Waals surface area contributed by atoms with Crippen LogP contribution in [0.2, 0.25) is 0 Å². The van der Waals surface area contributed by atoms with E-state index in [2.05, 4.69) is 60.0 Å². The summed E-state index contributed by atoms with van der Waals surface area (Å²) < 4.78 is 0. The highest BCUT2D eigenvalue weighted by Crippen LogP contribution is 2.30. The number of aliphatic imine (C=N–C) groups is 1. The first-order chi connectivity index (χ1) is 17.8. The number of ketones is 1. The van der Waals surface area contributed by atoms with Crippen LogP contribution >= 0.6 is 0 Å². The van der Waals surface area contributed by atoms with Crippen molar-refractivity contribution >= 4 is 23.0 Å². The van der Waals surface area contributed by atoms with Crippen molar-refractivity contribution in [2.24, 2.45) is 32.8 Å². The third-order valence-corrected chi connectivity index (χ3v) is 7.48. The van der Waals surface area contributed by atoms with Crippen LogP contribution < -0.4 is 11.1 Å². The lowest BCUT2D eigenvalue weighted by Gasteiger charge is -2.31. The molecule has 0 saturated carbocycles. The summed E-state index contributed by atoms with van der Waals surface area (Å²) in [5, 5.41) is 12.2. The summed E-state index contributed by atoms with van der Waals surface area (Å²) in [5.74, 6) is 0.898. The van der Waals surface area contributed by atoms with Crippen molar-refractivity contribution in [1.82, 2.24) is 10.2 Å². The van der Waals surface area contributed by atoms with Gasteiger partial charge in [-0.3, -0.25) is 4.79 Å². The van der Waals surface area contributed by atoms with Gasteiger partial charge in [0.05, 0.1) is 35.9 Å². The molecule has 4 rings (SSSR count). The van der Waals surface area contributed by atoms with Crippen molar-refractivity contribution in [3.63, 3.8) is 0 Å². The fourth-order valence-electron chi connectivity index (χ4n) is 4.92. The van der Waals surface area contributed by atoms with Crippen LogP contribution in [0.3, 0.4) is 0 Å². The predicted octanol–water partition coefficient (Wildman–Crippen LogP) is 4.87. The fraction of sp³-hybridized carbons (Fsp3) is 0.333. The second-order valence-corrected chi connectivity index (χ2v) is 9.70. The minimum absolute atomic E-state index is 0.00491. The monoisotopic (exact) mass is 496 g/mol. The summed E-state index contributed by atoms with van der Waals surface area (Å²) in [5.41, 5.74) is 13.1. The molecule has 0 fully saturated rings. The Morgan fingerprint density at radius 1 is 1.27 bits per heavy atom. The third kappa shape index (κ3) is 5.12. The minimum Gasteiger partial charge on any atom is -0.396 e. The molecule has 0 radical (unpaired) electrons. The van der Waals surface area contributed by atoms with Crippen LogP contribution in [0.4, 0.5) is 0 Å². The van der Waals surface area contributed by atoms with Gasteiger partial charge in [0, 0.05) is 29.5 Å². The number of carbonyl (C=O) groups is 1. The first kappa shape index (κ1) is 26.1. The molecular weight excluding hydrogens is 460 g/mol. The lowest BCUT2D eigenvalue weighted by molar-refractivity contribution is -0.115. The molecule has 3 atom stereocenters. The summed E-state index contributed by atoms with van der Waals surface area (Å²) in [6.07, 6.45) is 8.30. The van der Waals surface area contributed by atoms with E-state index in [1.165, 1.54) is 5.57 Å². The molecule has 7 heteroatoms. The maximum atomic E-state index is 13.6. The summed E-state index contributed by atoms with van der Waals surface area (Å²) >= 11 is 0. The van der Waals surface area contributed by atoms with Gasteiger partial charge in [0.1, 0.15) is 11.5 Å². The molecule has 3 aliphatic heterocycles. The lowest BCUT2D eigenvalue weighted by atomic mass is 9.88. The SMILES string of the molecule is C=C1C(N)=CN=C(c2ccccc2)N1CC1=C(C)C(C)C(C(=O)C2=NN=C(C(C)C(/C=C\C)=C/C)C2)N1. The number of hydrogen-bond donors (Lipinski definition) is 2. The van der Waals surface area contributed by atoms with Crippen molar-refractivity contribution in [3.8, 4) is 0 Å². The van der Waals surface area contributed by atoms with Gasteiger partial charge in [0.25, 0.3) is 0 Å². The van der Waals surface area contributed by atoms with E-state index in [9.17, 15) is 4.79 Å². The molecule has 0 bridgehead atoms. The van der Waals surface area contributed by atoms with Crippen molar-refractivity contribution in [2.75, 3.05) is 6.54 Å². The molecule has 7 nitrogen and oxygen atoms in total. The number of Topliss-reactive ketones (excluding diaryl/α,β-unsaturated/α-hetero) is 1. The van der Waals surface area contributed by atoms with E-state index in [0.717, 1.165) is 28.4 Å². The molecule has 1 aromatic rings. The molecule has 192 valence electrons. The van der Waals surface area contributed by atoms with Crippen LogP contribution in [0.5, 0.6) is 0 Å². The Balaban J connectivity index is 1.48. The van der Waals surface area contributed by atoms with Crippen molar-refractivity contribution in [3.05, 3.63) is 95.1 Å². The second kappa shape index (κ2) is 10.9. The van der Waals surface area contributed by atoms with Gasteiger partial charge in [-0.05, 0) is 31.9 Å². The normalized spacial score (nSPS) is 23.1. The highest BCUT2D eigenvalue weighted by molar-refractivity contribution is 6.46. The Hall–Kier alpha value is -4.00. The minimum atomic E-state index is -0.390. The van der Waals surface area contributed by atoms with E-state index in [0.29, 0.717) is 30.1 Å². The summed E-state index contributed by atoms with van der Waals surface area (Å²) in [7, 11) is 0. The average molecular weight is 497 g/mol. The van der Waals surface area contributed by atoms with Gasteiger partial charge in [-0.15, -0.1) is 0 Å². The van der Waals surface area contributed by atoms with Gasteiger partial charge in [-0.1, -0.05) is 69.0 Å². The maximum Gasteiger partial charge on any atom is 0.202 e. The number of nitrogens with zero attached hydrogens (tertiary/aromatic N) is 4. The molecule has 3 heterocycles.